The van der Waals surface area contributed by atoms with Gasteiger partial charge in [0.05, 0.1) is 0 Å². The lowest BCUT2D eigenvalue weighted by atomic mass is 9.93. The summed E-state index contributed by atoms with van der Waals surface area (Å²) in [6, 6.07) is 18.7. The van der Waals surface area contributed by atoms with Crippen LogP contribution in [0.3, 0.4) is 0 Å². The Bertz CT molecular complexity index is 631. The van der Waals surface area contributed by atoms with E-state index in [0.717, 1.165) is 12.3 Å². The van der Waals surface area contributed by atoms with Crippen LogP contribution in [0.1, 0.15) is 25.0 Å². The molecule has 0 spiro atoms. The highest BCUT2D eigenvalue weighted by Gasteiger charge is 2.12. The highest BCUT2D eigenvalue weighted by molar-refractivity contribution is 5.68. The first kappa shape index (κ1) is 17.3. The topological polar surface area (TPSA) is 12.5 Å². The van der Waals surface area contributed by atoms with Gasteiger partial charge in [-0.15, -0.1) is 0 Å². The maximum absolute atomic E-state index is 5.95. The Balaban J connectivity index is 2.09. The normalized spacial score (nSPS) is 13.2. The maximum Gasteiger partial charge on any atom is 0.120 e. The lowest BCUT2D eigenvalue weighted by Gasteiger charge is -2.20. The highest BCUT2D eigenvalue weighted by atomic mass is 16.5. The van der Waals surface area contributed by atoms with Crippen LogP contribution in [0.25, 0.3) is 5.57 Å². The summed E-state index contributed by atoms with van der Waals surface area (Å²) in [5.74, 6) is 1.40. The molecule has 0 amide bonds. The second kappa shape index (κ2) is 8.54. The highest BCUT2D eigenvalue weighted by Crippen LogP contribution is 2.27. The fourth-order valence-electron chi connectivity index (χ4n) is 2.89. The molecular weight excluding hydrogens is 282 g/mol. The number of rotatable bonds is 7. The number of hydrogen-bond acceptors (Lipinski definition) is 2. The monoisotopic (exact) mass is 309 g/mol. The van der Waals surface area contributed by atoms with E-state index in [0.29, 0.717) is 12.5 Å². The number of ether oxygens (including phenoxy) is 1. The van der Waals surface area contributed by atoms with Crippen LogP contribution in [0.15, 0.2) is 60.7 Å². The molecule has 2 aromatic rings. The van der Waals surface area contributed by atoms with Crippen molar-refractivity contribution in [3.8, 4) is 5.75 Å². The Labute approximate surface area is 140 Å². The van der Waals surface area contributed by atoms with Crippen LogP contribution in [0.2, 0.25) is 0 Å². The third kappa shape index (κ3) is 5.26. The molecule has 1 unspecified atom stereocenters. The van der Waals surface area contributed by atoms with Crippen molar-refractivity contribution >= 4 is 5.57 Å². The Morgan fingerprint density at radius 3 is 2.48 bits per heavy atom. The van der Waals surface area contributed by atoms with Gasteiger partial charge in [0.1, 0.15) is 12.4 Å². The minimum Gasteiger partial charge on any atom is -0.489 e. The summed E-state index contributed by atoms with van der Waals surface area (Å²) >= 11 is 0. The molecule has 2 heteroatoms. The first-order valence-corrected chi connectivity index (χ1v) is 8.18. The van der Waals surface area contributed by atoms with E-state index < -0.39 is 0 Å². The molecule has 0 aliphatic heterocycles. The van der Waals surface area contributed by atoms with Gasteiger partial charge >= 0.3 is 0 Å². The zero-order valence-corrected chi connectivity index (χ0v) is 14.6. The van der Waals surface area contributed by atoms with Gasteiger partial charge < -0.3 is 9.64 Å². The summed E-state index contributed by atoms with van der Waals surface area (Å²) in [5.41, 5.74) is 3.79. The van der Waals surface area contributed by atoms with Gasteiger partial charge in [-0.25, -0.2) is 0 Å². The standard InChI is InChI=1S/C21H27NO/c1-5-21(17(2)15-22(3)4)19-12-9-13-20(14-19)23-16-18-10-7-6-8-11-18/h5-14,17H,15-16H2,1-4H3. The van der Waals surface area contributed by atoms with E-state index in [1.54, 1.807) is 0 Å². The molecule has 2 aromatic carbocycles. The maximum atomic E-state index is 5.95. The molecule has 0 saturated heterocycles. The fourth-order valence-corrected chi connectivity index (χ4v) is 2.89. The Morgan fingerprint density at radius 2 is 1.83 bits per heavy atom. The molecule has 23 heavy (non-hydrogen) atoms. The van der Waals surface area contributed by atoms with E-state index in [1.165, 1.54) is 16.7 Å². The second-order valence-electron chi connectivity index (χ2n) is 6.21. The van der Waals surface area contributed by atoms with Crippen molar-refractivity contribution in [2.45, 2.75) is 20.5 Å². The Kier molecular flexibility index (Phi) is 6.42. The predicted octanol–water partition coefficient (Wildman–Crippen LogP) is 4.87. The zero-order valence-electron chi connectivity index (χ0n) is 14.6. The summed E-state index contributed by atoms with van der Waals surface area (Å²) in [6.07, 6.45) is 2.21. The largest absolute Gasteiger partial charge is 0.489 e. The van der Waals surface area contributed by atoms with Gasteiger partial charge in [-0.2, -0.15) is 0 Å². The molecule has 0 radical (unpaired) electrons. The number of allylic oxidation sites excluding steroid dienone is 1. The molecule has 122 valence electrons. The van der Waals surface area contributed by atoms with Crippen molar-refractivity contribution in [1.29, 1.82) is 0 Å². The van der Waals surface area contributed by atoms with E-state index in [4.69, 9.17) is 4.74 Å². The summed E-state index contributed by atoms with van der Waals surface area (Å²) in [7, 11) is 4.23. The van der Waals surface area contributed by atoms with E-state index >= 15 is 0 Å². The van der Waals surface area contributed by atoms with Crippen molar-refractivity contribution in [3.63, 3.8) is 0 Å². The summed E-state index contributed by atoms with van der Waals surface area (Å²) in [6.45, 7) is 6.02. The molecule has 0 N–H and O–H groups in total. The van der Waals surface area contributed by atoms with Crippen LogP contribution < -0.4 is 4.74 Å². The van der Waals surface area contributed by atoms with Gasteiger partial charge in [-0.3, -0.25) is 0 Å². The average molecular weight is 309 g/mol. The van der Waals surface area contributed by atoms with Crippen LogP contribution in [0, 0.1) is 5.92 Å². The summed E-state index contributed by atoms with van der Waals surface area (Å²) in [5, 5.41) is 0. The number of hydrogen-bond donors (Lipinski definition) is 0. The SMILES string of the molecule is CC=C(c1cccc(OCc2ccccc2)c1)C(C)CN(C)C. The zero-order chi connectivity index (χ0) is 16.7. The summed E-state index contributed by atoms with van der Waals surface area (Å²) < 4.78 is 5.95. The van der Waals surface area contributed by atoms with Gasteiger partial charge in [0.15, 0.2) is 0 Å². The van der Waals surface area contributed by atoms with E-state index in [9.17, 15) is 0 Å². The molecular formula is C21H27NO. The van der Waals surface area contributed by atoms with Gasteiger partial charge in [0.2, 0.25) is 0 Å². The lowest BCUT2D eigenvalue weighted by Crippen LogP contribution is -2.20. The first-order chi connectivity index (χ1) is 11.1. The predicted molar refractivity (Wildman–Crippen MR) is 98.6 cm³/mol. The number of nitrogens with zero attached hydrogens (tertiary/aromatic N) is 1. The summed E-state index contributed by atoms with van der Waals surface area (Å²) in [4.78, 5) is 2.23. The van der Waals surface area contributed by atoms with Gasteiger partial charge in [-0.1, -0.05) is 55.5 Å². The van der Waals surface area contributed by atoms with Crippen molar-refractivity contribution in [2.24, 2.45) is 5.92 Å². The van der Waals surface area contributed by atoms with Crippen molar-refractivity contribution < 1.29 is 4.74 Å². The van der Waals surface area contributed by atoms with Gasteiger partial charge in [0.25, 0.3) is 0 Å². The molecule has 0 saturated carbocycles. The molecule has 0 aromatic heterocycles. The van der Waals surface area contributed by atoms with Gasteiger partial charge in [0, 0.05) is 6.54 Å². The van der Waals surface area contributed by atoms with Crippen LogP contribution in [-0.4, -0.2) is 25.5 Å². The van der Waals surface area contributed by atoms with E-state index in [1.807, 2.05) is 24.3 Å². The molecule has 1 atom stereocenters. The smallest absolute Gasteiger partial charge is 0.120 e. The second-order valence-corrected chi connectivity index (χ2v) is 6.21. The lowest BCUT2D eigenvalue weighted by molar-refractivity contribution is 0.306. The minimum atomic E-state index is 0.486. The molecule has 0 aliphatic rings. The van der Waals surface area contributed by atoms with Crippen LogP contribution in [0.4, 0.5) is 0 Å². The van der Waals surface area contributed by atoms with E-state index in [2.05, 4.69) is 69.3 Å². The molecule has 2 rings (SSSR count). The molecule has 0 heterocycles. The average Bonchev–Trinajstić information content (AvgIpc) is 2.54. The third-order valence-electron chi connectivity index (χ3n) is 3.90. The number of benzene rings is 2. The molecule has 0 aliphatic carbocycles. The molecule has 0 bridgehead atoms. The molecule has 2 nitrogen and oxygen atoms in total. The first-order valence-electron chi connectivity index (χ1n) is 8.18. The molecule has 0 fully saturated rings. The fraction of sp³-hybridized carbons (Fsp3) is 0.333. The minimum absolute atomic E-state index is 0.486. The van der Waals surface area contributed by atoms with Gasteiger partial charge in [-0.05, 0) is 55.8 Å². The Hall–Kier alpha value is -2.06. The van der Waals surface area contributed by atoms with Crippen LogP contribution in [-0.2, 0) is 6.61 Å². The van der Waals surface area contributed by atoms with Crippen molar-refractivity contribution in [1.82, 2.24) is 4.90 Å². The Morgan fingerprint density at radius 1 is 1.09 bits per heavy atom. The van der Waals surface area contributed by atoms with Crippen LogP contribution in [0.5, 0.6) is 5.75 Å². The van der Waals surface area contributed by atoms with Crippen LogP contribution >= 0.6 is 0 Å². The van der Waals surface area contributed by atoms with Crippen molar-refractivity contribution in [3.05, 3.63) is 71.8 Å². The quantitative estimate of drug-likeness (QED) is 0.723. The van der Waals surface area contributed by atoms with Crippen molar-refractivity contribution in [2.75, 3.05) is 20.6 Å². The van der Waals surface area contributed by atoms with E-state index in [-0.39, 0.29) is 0 Å². The third-order valence-corrected chi connectivity index (χ3v) is 3.90.